The van der Waals surface area contributed by atoms with Crippen LogP contribution in [0.15, 0.2) is 30.3 Å². The second kappa shape index (κ2) is 14.2. The Morgan fingerprint density at radius 2 is 1.82 bits per heavy atom. The molecule has 0 spiro atoms. The van der Waals surface area contributed by atoms with Crippen LogP contribution in [0.25, 0.3) is 0 Å². The number of benzene rings is 2. The van der Waals surface area contributed by atoms with Gasteiger partial charge in [-0.1, -0.05) is 38.4 Å². The Bertz CT molecular complexity index is 1270. The molecule has 3 amide bonds. The standard InChI is InChI=1S/C29H38ClN5O4S/c1-19-22(11-10-21(16-31)26(19)30)35(18-36)28(37)34(6)25(29(2,3)4)17-33(5)27(40)32-14-13-20-9-12-23(38-7)24(15-20)39-8/h9-12,15,18,25H,13-14,17H2,1-8H3,(H,32,40). The van der Waals surface area contributed by atoms with Crippen LogP contribution in [0, 0.1) is 23.7 Å². The maximum atomic E-state index is 13.6. The number of anilines is 1. The van der Waals surface area contributed by atoms with Crippen LogP contribution in [0.3, 0.4) is 0 Å². The minimum Gasteiger partial charge on any atom is -0.493 e. The van der Waals surface area contributed by atoms with Crippen molar-refractivity contribution in [3.63, 3.8) is 0 Å². The quantitative estimate of drug-likeness (QED) is 0.306. The Hall–Kier alpha value is -3.55. The van der Waals surface area contributed by atoms with E-state index in [1.165, 1.54) is 6.07 Å². The summed E-state index contributed by atoms with van der Waals surface area (Å²) in [5, 5.41) is 13.3. The van der Waals surface area contributed by atoms with Crippen LogP contribution in [0.1, 0.15) is 37.5 Å². The lowest BCUT2D eigenvalue weighted by atomic mass is 9.85. The van der Waals surface area contributed by atoms with E-state index in [1.807, 2.05) is 57.0 Å². The van der Waals surface area contributed by atoms with Crippen LogP contribution in [0.4, 0.5) is 10.5 Å². The van der Waals surface area contributed by atoms with Crippen LogP contribution < -0.4 is 19.7 Å². The molecule has 0 bridgehead atoms. The average molecular weight is 588 g/mol. The van der Waals surface area contributed by atoms with E-state index in [2.05, 4.69) is 5.32 Å². The highest BCUT2D eigenvalue weighted by molar-refractivity contribution is 7.80. The van der Waals surface area contributed by atoms with E-state index in [9.17, 15) is 14.9 Å². The molecule has 2 aromatic rings. The van der Waals surface area contributed by atoms with Crippen molar-refractivity contribution in [2.45, 2.75) is 40.2 Å². The number of methoxy groups -OCH3 is 2. The topological polar surface area (TPSA) is 98.1 Å². The van der Waals surface area contributed by atoms with E-state index < -0.39 is 6.03 Å². The fourth-order valence-electron chi connectivity index (χ4n) is 4.33. The third kappa shape index (κ3) is 7.77. The molecule has 11 heteroatoms. The molecule has 9 nitrogen and oxygen atoms in total. The first-order valence-electron chi connectivity index (χ1n) is 12.7. The summed E-state index contributed by atoms with van der Waals surface area (Å²) in [5.74, 6) is 1.34. The van der Waals surface area contributed by atoms with E-state index in [4.69, 9.17) is 33.3 Å². The highest BCUT2D eigenvalue weighted by Gasteiger charge is 2.35. The first kappa shape index (κ1) is 32.7. The summed E-state index contributed by atoms with van der Waals surface area (Å²) < 4.78 is 10.7. The number of amides is 3. The van der Waals surface area contributed by atoms with Gasteiger partial charge < -0.3 is 24.6 Å². The Labute approximate surface area is 247 Å². The van der Waals surface area contributed by atoms with Crippen molar-refractivity contribution >= 4 is 47.1 Å². The second-order valence-corrected chi connectivity index (χ2v) is 11.3. The van der Waals surface area contributed by atoms with Gasteiger partial charge in [0.25, 0.3) is 0 Å². The molecule has 0 heterocycles. The number of nitrogens with one attached hydrogen (secondary N) is 1. The molecule has 0 aromatic heterocycles. The number of halogens is 1. The van der Waals surface area contributed by atoms with Crippen molar-refractivity contribution in [1.29, 1.82) is 5.26 Å². The van der Waals surface area contributed by atoms with Crippen molar-refractivity contribution in [2.75, 3.05) is 46.3 Å². The number of nitriles is 1. The number of hydrogen-bond donors (Lipinski definition) is 1. The molecule has 2 aromatic carbocycles. The zero-order chi connectivity index (χ0) is 30.2. The molecule has 40 heavy (non-hydrogen) atoms. The lowest BCUT2D eigenvalue weighted by Crippen LogP contribution is -2.56. The molecule has 0 saturated carbocycles. The van der Waals surface area contributed by atoms with E-state index in [0.717, 1.165) is 16.9 Å². The normalized spacial score (nSPS) is 11.6. The predicted molar refractivity (Wildman–Crippen MR) is 162 cm³/mol. The second-order valence-electron chi connectivity index (χ2n) is 10.5. The van der Waals surface area contributed by atoms with E-state index in [1.54, 1.807) is 39.2 Å². The maximum absolute atomic E-state index is 13.6. The lowest BCUT2D eigenvalue weighted by molar-refractivity contribution is -0.107. The summed E-state index contributed by atoms with van der Waals surface area (Å²) in [5.41, 5.74) is 1.79. The minimum absolute atomic E-state index is 0.207. The number of rotatable bonds is 10. The summed E-state index contributed by atoms with van der Waals surface area (Å²) in [6.45, 7) is 8.77. The highest BCUT2D eigenvalue weighted by Crippen LogP contribution is 2.31. The zero-order valence-electron chi connectivity index (χ0n) is 24.4. The van der Waals surface area contributed by atoms with Gasteiger partial charge in [-0.25, -0.2) is 9.69 Å². The molecule has 2 rings (SSSR count). The Morgan fingerprint density at radius 3 is 2.38 bits per heavy atom. The third-order valence-electron chi connectivity index (χ3n) is 6.75. The van der Waals surface area contributed by atoms with Crippen molar-refractivity contribution in [1.82, 2.24) is 15.1 Å². The molecule has 1 N–H and O–H groups in total. The van der Waals surface area contributed by atoms with Gasteiger partial charge in [0, 0.05) is 27.2 Å². The SMILES string of the molecule is COc1ccc(CCNC(=S)N(C)CC(N(C)C(=O)N(C=O)c2ccc(C#N)c(Cl)c2C)C(C)(C)C)cc1OC. The van der Waals surface area contributed by atoms with Crippen LogP contribution in [0.5, 0.6) is 11.5 Å². The first-order chi connectivity index (χ1) is 18.8. The fraction of sp³-hybridized carbons (Fsp3) is 0.448. The molecule has 0 aliphatic rings. The summed E-state index contributed by atoms with van der Waals surface area (Å²) in [6, 6.07) is 10.0. The van der Waals surface area contributed by atoms with Gasteiger partial charge >= 0.3 is 6.03 Å². The van der Waals surface area contributed by atoms with E-state index >= 15 is 0 Å². The zero-order valence-corrected chi connectivity index (χ0v) is 25.9. The molecular weight excluding hydrogens is 550 g/mol. The van der Waals surface area contributed by atoms with Gasteiger partial charge in [0.2, 0.25) is 6.41 Å². The number of ether oxygens (including phenoxy) is 2. The van der Waals surface area contributed by atoms with Gasteiger partial charge in [0.15, 0.2) is 16.6 Å². The molecule has 216 valence electrons. The first-order valence-corrected chi connectivity index (χ1v) is 13.5. The molecule has 1 unspecified atom stereocenters. The smallest absolute Gasteiger partial charge is 0.331 e. The number of carbonyl (C=O) groups is 2. The number of urea groups is 1. The third-order valence-corrected chi connectivity index (χ3v) is 7.69. The number of carbonyl (C=O) groups excluding carboxylic acids is 2. The summed E-state index contributed by atoms with van der Waals surface area (Å²) in [4.78, 5) is 30.1. The Morgan fingerprint density at radius 1 is 1.18 bits per heavy atom. The molecule has 0 aliphatic carbocycles. The van der Waals surface area contributed by atoms with Gasteiger partial charge in [0.05, 0.1) is 36.5 Å². The summed E-state index contributed by atoms with van der Waals surface area (Å²) in [7, 11) is 6.73. The molecule has 0 saturated heterocycles. The Balaban J connectivity index is 2.13. The molecular formula is C29H38ClN5O4S. The highest BCUT2D eigenvalue weighted by atomic mass is 35.5. The van der Waals surface area contributed by atoms with Crippen molar-refractivity contribution in [3.8, 4) is 17.6 Å². The van der Waals surface area contributed by atoms with Gasteiger partial charge in [0.1, 0.15) is 6.07 Å². The van der Waals surface area contributed by atoms with Gasteiger partial charge in [-0.2, -0.15) is 5.26 Å². The number of likely N-dealkylation sites (N-methyl/N-ethyl adjacent to an activating group) is 2. The molecule has 0 fully saturated rings. The monoisotopic (exact) mass is 587 g/mol. The Kier molecular flexibility index (Phi) is 11.6. The number of thiocarbonyl (C=S) groups is 1. The van der Waals surface area contributed by atoms with Crippen LogP contribution in [-0.4, -0.2) is 74.8 Å². The van der Waals surface area contributed by atoms with Crippen molar-refractivity contribution < 1.29 is 19.1 Å². The number of nitrogens with zero attached hydrogens (tertiary/aromatic N) is 4. The van der Waals surface area contributed by atoms with Gasteiger partial charge in [-0.05, 0) is 66.4 Å². The van der Waals surface area contributed by atoms with Crippen molar-refractivity contribution in [3.05, 3.63) is 52.0 Å². The fourth-order valence-corrected chi connectivity index (χ4v) is 4.71. The predicted octanol–water partition coefficient (Wildman–Crippen LogP) is 5.02. The van der Waals surface area contributed by atoms with Crippen LogP contribution in [0.2, 0.25) is 5.02 Å². The van der Waals surface area contributed by atoms with Crippen LogP contribution >= 0.6 is 23.8 Å². The van der Waals surface area contributed by atoms with E-state index in [-0.39, 0.29) is 22.0 Å². The minimum atomic E-state index is -0.514. The van der Waals surface area contributed by atoms with Crippen LogP contribution in [-0.2, 0) is 11.2 Å². The summed E-state index contributed by atoms with van der Waals surface area (Å²) in [6.07, 6.45) is 1.18. The van der Waals surface area contributed by atoms with Gasteiger partial charge in [-0.3, -0.25) is 4.79 Å². The summed E-state index contributed by atoms with van der Waals surface area (Å²) >= 11 is 11.9. The lowest BCUT2D eigenvalue weighted by Gasteiger charge is -2.41. The molecule has 0 radical (unpaired) electrons. The van der Waals surface area contributed by atoms with Gasteiger partial charge in [-0.15, -0.1) is 0 Å². The van der Waals surface area contributed by atoms with Crippen molar-refractivity contribution in [2.24, 2.45) is 5.41 Å². The number of hydrogen-bond acceptors (Lipinski definition) is 6. The maximum Gasteiger partial charge on any atom is 0.331 e. The molecule has 1 atom stereocenters. The van der Waals surface area contributed by atoms with E-state index in [0.29, 0.717) is 47.4 Å². The average Bonchev–Trinajstić information content (AvgIpc) is 2.92. The number of imide groups is 1. The largest absolute Gasteiger partial charge is 0.493 e. The molecule has 0 aliphatic heterocycles.